The van der Waals surface area contributed by atoms with Crippen LogP contribution in [0.15, 0.2) is 23.1 Å². The van der Waals surface area contributed by atoms with Gasteiger partial charge in [-0.25, -0.2) is 9.59 Å². The number of ether oxygens (including phenoxy) is 2. The summed E-state index contributed by atoms with van der Waals surface area (Å²) in [6.07, 6.45) is 0. The molecule has 0 fully saturated rings. The van der Waals surface area contributed by atoms with Crippen molar-refractivity contribution in [3.63, 3.8) is 0 Å². The van der Waals surface area contributed by atoms with Crippen molar-refractivity contribution >= 4 is 51.6 Å². The van der Waals surface area contributed by atoms with Gasteiger partial charge < -0.3 is 9.47 Å². The first-order valence-electron chi connectivity index (χ1n) is 4.59. The van der Waals surface area contributed by atoms with Gasteiger partial charge in [0.15, 0.2) is 0 Å². The van der Waals surface area contributed by atoms with E-state index in [0.717, 1.165) is 32.4 Å². The summed E-state index contributed by atoms with van der Waals surface area (Å²) in [5, 5.41) is 0. The standard InChI is InChI=1S/C10H10O7S.Na/c1-16-9(11)6-3-7(10(12)17-2)5-8(4-6)18(13,14)15;/h3-5H,1-2H3,(H,13,14,15);. The maximum absolute atomic E-state index is 11.3. The first-order valence-corrected chi connectivity index (χ1v) is 6.03. The Labute approximate surface area is 131 Å². The van der Waals surface area contributed by atoms with Gasteiger partial charge in [0.25, 0.3) is 10.1 Å². The van der Waals surface area contributed by atoms with Crippen LogP contribution in [0.2, 0.25) is 0 Å². The summed E-state index contributed by atoms with van der Waals surface area (Å²) in [6.45, 7) is 0. The molecule has 0 saturated heterocycles. The molecule has 1 aromatic carbocycles. The van der Waals surface area contributed by atoms with E-state index >= 15 is 0 Å². The normalized spacial score (nSPS) is 10.3. The number of carbonyl (C=O) groups excluding carboxylic acids is 2. The Morgan fingerprint density at radius 1 is 1.00 bits per heavy atom. The van der Waals surface area contributed by atoms with Gasteiger partial charge in [0.1, 0.15) is 0 Å². The molecule has 0 aliphatic carbocycles. The van der Waals surface area contributed by atoms with Crippen LogP contribution in [0.1, 0.15) is 20.7 Å². The molecule has 0 aliphatic rings. The molecule has 19 heavy (non-hydrogen) atoms. The molecule has 0 aliphatic heterocycles. The minimum Gasteiger partial charge on any atom is -0.465 e. The molecule has 0 unspecified atom stereocenters. The molecule has 9 heteroatoms. The molecule has 0 amide bonds. The fourth-order valence-electron chi connectivity index (χ4n) is 1.22. The van der Waals surface area contributed by atoms with E-state index in [2.05, 4.69) is 9.47 Å². The fraction of sp³-hybridized carbons (Fsp3) is 0.200. The number of rotatable bonds is 3. The Hall–Kier alpha value is -0.930. The third kappa shape index (κ3) is 4.59. The van der Waals surface area contributed by atoms with E-state index in [0.29, 0.717) is 0 Å². The van der Waals surface area contributed by atoms with Gasteiger partial charge in [0, 0.05) is 29.6 Å². The van der Waals surface area contributed by atoms with Crippen molar-refractivity contribution in [2.45, 2.75) is 4.90 Å². The van der Waals surface area contributed by atoms with Crippen molar-refractivity contribution in [3.8, 4) is 0 Å². The molecule has 0 saturated carbocycles. The monoisotopic (exact) mass is 297 g/mol. The smallest absolute Gasteiger partial charge is 0.337 e. The Morgan fingerprint density at radius 3 is 1.63 bits per heavy atom. The summed E-state index contributed by atoms with van der Waals surface area (Å²) in [7, 11) is -2.35. The van der Waals surface area contributed by atoms with Crippen molar-refractivity contribution in [1.82, 2.24) is 0 Å². The predicted octanol–water partition coefficient (Wildman–Crippen LogP) is 0.126. The second kappa shape index (κ2) is 7.01. The summed E-state index contributed by atoms with van der Waals surface area (Å²) in [4.78, 5) is 22.0. The zero-order valence-electron chi connectivity index (χ0n) is 10.5. The zero-order chi connectivity index (χ0) is 13.9. The largest absolute Gasteiger partial charge is 0.465 e. The minimum atomic E-state index is -4.55. The number of hydrogen-bond donors (Lipinski definition) is 1. The minimum absolute atomic E-state index is 0. The van der Waals surface area contributed by atoms with E-state index in [1.54, 1.807) is 0 Å². The molecule has 0 aromatic heterocycles. The molecule has 0 bridgehead atoms. The van der Waals surface area contributed by atoms with Crippen molar-refractivity contribution in [2.24, 2.45) is 0 Å². The fourth-order valence-corrected chi connectivity index (χ4v) is 1.77. The van der Waals surface area contributed by atoms with E-state index in [1.807, 2.05) is 0 Å². The topological polar surface area (TPSA) is 107 Å². The van der Waals surface area contributed by atoms with Crippen LogP contribution in [0.4, 0.5) is 0 Å². The number of hydrogen-bond acceptors (Lipinski definition) is 6. The molecule has 1 radical (unpaired) electrons. The Bertz CT molecular complexity index is 560. The van der Waals surface area contributed by atoms with E-state index in [4.69, 9.17) is 4.55 Å². The van der Waals surface area contributed by atoms with Crippen LogP contribution in [0.25, 0.3) is 0 Å². The predicted molar refractivity (Wildman–Crippen MR) is 64.7 cm³/mol. The Kier molecular flexibility index (Phi) is 6.67. The van der Waals surface area contributed by atoms with Crippen LogP contribution in [0.3, 0.4) is 0 Å². The SMILES string of the molecule is COC(=O)c1cc(C(=O)OC)cc(S(=O)(=O)O)c1.[Na]. The van der Waals surface area contributed by atoms with Gasteiger partial charge in [-0.05, 0) is 18.2 Å². The van der Waals surface area contributed by atoms with Crippen LogP contribution in [-0.2, 0) is 19.6 Å². The molecule has 1 N–H and O–H groups in total. The van der Waals surface area contributed by atoms with Crippen LogP contribution in [-0.4, -0.2) is 68.7 Å². The Morgan fingerprint density at radius 2 is 1.37 bits per heavy atom. The molecule has 1 aromatic rings. The quantitative estimate of drug-likeness (QED) is 0.480. The average Bonchev–Trinajstić information content (AvgIpc) is 2.35. The first-order chi connectivity index (χ1) is 8.29. The molecule has 0 spiro atoms. The van der Waals surface area contributed by atoms with Gasteiger partial charge in [0.05, 0.1) is 30.2 Å². The second-order valence-electron chi connectivity index (χ2n) is 3.20. The summed E-state index contributed by atoms with van der Waals surface area (Å²) < 4.78 is 39.7. The number of methoxy groups -OCH3 is 2. The number of esters is 2. The first kappa shape index (κ1) is 18.1. The number of carbonyl (C=O) groups is 2. The van der Waals surface area contributed by atoms with Crippen LogP contribution in [0.5, 0.6) is 0 Å². The van der Waals surface area contributed by atoms with Gasteiger partial charge >= 0.3 is 11.9 Å². The van der Waals surface area contributed by atoms with Gasteiger partial charge in [-0.3, -0.25) is 4.55 Å². The molecular weight excluding hydrogens is 287 g/mol. The van der Waals surface area contributed by atoms with Crippen molar-refractivity contribution in [2.75, 3.05) is 14.2 Å². The average molecular weight is 297 g/mol. The van der Waals surface area contributed by atoms with Crippen LogP contribution >= 0.6 is 0 Å². The van der Waals surface area contributed by atoms with Gasteiger partial charge in [0.2, 0.25) is 0 Å². The van der Waals surface area contributed by atoms with Gasteiger partial charge in [-0.15, -0.1) is 0 Å². The van der Waals surface area contributed by atoms with Crippen LogP contribution < -0.4 is 0 Å². The molecule has 0 heterocycles. The number of benzene rings is 1. The van der Waals surface area contributed by atoms with Crippen molar-refractivity contribution in [1.29, 1.82) is 0 Å². The summed E-state index contributed by atoms with van der Waals surface area (Å²) in [5.41, 5.74) is -0.374. The van der Waals surface area contributed by atoms with Crippen LogP contribution in [0, 0.1) is 0 Å². The summed E-state index contributed by atoms with van der Waals surface area (Å²) >= 11 is 0. The second-order valence-corrected chi connectivity index (χ2v) is 4.63. The third-order valence-electron chi connectivity index (χ3n) is 2.05. The molecule has 7 nitrogen and oxygen atoms in total. The van der Waals surface area contributed by atoms with E-state index < -0.39 is 27.0 Å². The van der Waals surface area contributed by atoms with E-state index in [1.165, 1.54) is 0 Å². The van der Waals surface area contributed by atoms with Gasteiger partial charge in [-0.1, -0.05) is 0 Å². The Balaban J connectivity index is 0.00000324. The maximum atomic E-state index is 11.3. The zero-order valence-corrected chi connectivity index (χ0v) is 13.4. The van der Waals surface area contributed by atoms with Crippen molar-refractivity contribution in [3.05, 3.63) is 29.3 Å². The maximum Gasteiger partial charge on any atom is 0.337 e. The molecule has 1 rings (SSSR count). The molecule has 99 valence electrons. The summed E-state index contributed by atoms with van der Waals surface area (Å²) in [6, 6.07) is 2.90. The third-order valence-corrected chi connectivity index (χ3v) is 2.88. The van der Waals surface area contributed by atoms with Gasteiger partial charge in [-0.2, -0.15) is 8.42 Å². The van der Waals surface area contributed by atoms with E-state index in [9.17, 15) is 18.0 Å². The summed E-state index contributed by atoms with van der Waals surface area (Å²) in [5.74, 6) is -1.68. The van der Waals surface area contributed by atoms with E-state index in [-0.39, 0.29) is 40.7 Å². The molecule has 0 atom stereocenters. The molecular formula is C10H10NaO7S. The van der Waals surface area contributed by atoms with Crippen molar-refractivity contribution < 1.29 is 32.0 Å².